The van der Waals surface area contributed by atoms with E-state index in [1.807, 2.05) is 0 Å². The van der Waals surface area contributed by atoms with Gasteiger partial charge in [0, 0.05) is 24.6 Å². The van der Waals surface area contributed by atoms with Gasteiger partial charge in [0.05, 0.1) is 15.6 Å². The van der Waals surface area contributed by atoms with E-state index in [2.05, 4.69) is 15.6 Å². The lowest BCUT2D eigenvalue weighted by atomic mass is 10.0. The molecule has 0 atom stereocenters. The first kappa shape index (κ1) is 25.6. The van der Waals surface area contributed by atoms with Crippen molar-refractivity contribution in [1.82, 2.24) is 9.88 Å². The van der Waals surface area contributed by atoms with Crippen LogP contribution in [0.2, 0.25) is 5.02 Å². The highest BCUT2D eigenvalue weighted by Gasteiger charge is 2.28. The summed E-state index contributed by atoms with van der Waals surface area (Å²) < 4.78 is 39.1. The molecule has 2 aromatic carbocycles. The van der Waals surface area contributed by atoms with E-state index in [1.165, 1.54) is 35.4 Å². The second kappa shape index (κ2) is 10.6. The van der Waals surface area contributed by atoms with E-state index in [-0.39, 0.29) is 17.1 Å². The maximum atomic E-state index is 14.9. The van der Waals surface area contributed by atoms with E-state index >= 15 is 0 Å². The minimum Gasteiger partial charge on any atom is -0.322 e. The van der Waals surface area contributed by atoms with Gasteiger partial charge in [-0.3, -0.25) is 10.1 Å². The van der Waals surface area contributed by atoms with Crippen molar-refractivity contribution in [3.05, 3.63) is 71.6 Å². The number of benzene rings is 2. The van der Waals surface area contributed by atoms with Gasteiger partial charge < -0.3 is 10.2 Å². The van der Waals surface area contributed by atoms with E-state index < -0.39 is 27.6 Å². The van der Waals surface area contributed by atoms with Gasteiger partial charge in [-0.2, -0.15) is 0 Å². The number of urea groups is 1. The summed E-state index contributed by atoms with van der Waals surface area (Å²) in [6.07, 6.45) is 4.42. The summed E-state index contributed by atoms with van der Waals surface area (Å²) in [5.74, 6) is -0.694. The summed E-state index contributed by atoms with van der Waals surface area (Å²) in [7, 11) is -3.52. The molecular formula is C25H24ClFN4O4S. The summed E-state index contributed by atoms with van der Waals surface area (Å²) in [6.45, 7) is 0.102. The van der Waals surface area contributed by atoms with E-state index in [1.54, 1.807) is 30.3 Å². The van der Waals surface area contributed by atoms with Gasteiger partial charge in [-0.15, -0.1) is 0 Å². The number of pyridine rings is 1. The van der Waals surface area contributed by atoms with Crippen LogP contribution in [0, 0.1) is 11.7 Å². The Labute approximate surface area is 213 Å². The molecule has 11 heteroatoms. The third kappa shape index (κ3) is 6.58. The normalized spacial score (nSPS) is 13.2. The number of halogens is 2. The molecule has 0 unspecified atom stereocenters. The summed E-state index contributed by atoms with van der Waals surface area (Å²) >= 11 is 5.82. The molecule has 3 aromatic rings. The fourth-order valence-corrected chi connectivity index (χ4v) is 4.67. The number of hydrogen-bond donors (Lipinski definition) is 2. The van der Waals surface area contributed by atoms with Crippen molar-refractivity contribution in [2.45, 2.75) is 17.7 Å². The standard InChI is InChI=1S/C25H24ClFN4O4S/c1-36(34,35)22-5-3-2-4-19(22)17-8-10-21(20(27)12-17)29-24(32)15-31(14-16-6-7-16)25(33)30-23-11-9-18(26)13-28-23/h2-5,8-13,16H,6-7,14-15H2,1H3,(H,29,32)(H,28,30,33). The second-order valence-electron chi connectivity index (χ2n) is 8.63. The lowest BCUT2D eigenvalue weighted by Gasteiger charge is -2.22. The largest absolute Gasteiger partial charge is 0.323 e. The zero-order chi connectivity index (χ0) is 25.9. The number of sulfone groups is 1. The monoisotopic (exact) mass is 530 g/mol. The predicted octanol–water partition coefficient (Wildman–Crippen LogP) is 4.83. The molecule has 1 fully saturated rings. The third-order valence-corrected chi connectivity index (χ3v) is 6.98. The SMILES string of the molecule is CS(=O)(=O)c1ccccc1-c1ccc(NC(=O)CN(CC2CC2)C(=O)Nc2ccc(Cl)cn2)c(F)c1. The molecule has 0 saturated heterocycles. The number of amides is 3. The number of hydrogen-bond acceptors (Lipinski definition) is 5. The molecule has 1 heterocycles. The molecule has 188 valence electrons. The minimum atomic E-state index is -3.52. The topological polar surface area (TPSA) is 108 Å². The van der Waals surface area contributed by atoms with Gasteiger partial charge in [-0.25, -0.2) is 22.6 Å². The second-order valence-corrected chi connectivity index (χ2v) is 11.0. The van der Waals surface area contributed by atoms with Gasteiger partial charge in [0.25, 0.3) is 0 Å². The molecule has 2 N–H and O–H groups in total. The first-order valence-corrected chi connectivity index (χ1v) is 13.4. The average Bonchev–Trinajstić information content (AvgIpc) is 3.65. The molecule has 1 saturated carbocycles. The fraction of sp³-hybridized carbons (Fsp3) is 0.240. The van der Waals surface area contributed by atoms with E-state index in [9.17, 15) is 22.4 Å². The van der Waals surface area contributed by atoms with Crippen molar-refractivity contribution in [2.75, 3.05) is 30.0 Å². The summed E-state index contributed by atoms with van der Waals surface area (Å²) in [4.78, 5) is 30.9. The predicted molar refractivity (Wildman–Crippen MR) is 136 cm³/mol. The number of anilines is 2. The molecule has 0 bridgehead atoms. The Balaban J connectivity index is 1.46. The van der Waals surface area contributed by atoms with Crippen molar-refractivity contribution in [1.29, 1.82) is 0 Å². The maximum absolute atomic E-state index is 14.9. The number of rotatable bonds is 8. The van der Waals surface area contributed by atoms with Gasteiger partial charge in [0.2, 0.25) is 5.91 Å². The first-order chi connectivity index (χ1) is 17.1. The summed E-state index contributed by atoms with van der Waals surface area (Å²) in [5, 5.41) is 5.56. The minimum absolute atomic E-state index is 0.0771. The zero-order valence-electron chi connectivity index (χ0n) is 19.4. The van der Waals surface area contributed by atoms with Crippen LogP contribution in [-0.4, -0.2) is 49.6 Å². The van der Waals surface area contributed by atoms with E-state index in [4.69, 9.17) is 11.6 Å². The fourth-order valence-electron chi connectivity index (χ4n) is 3.65. The summed E-state index contributed by atoms with van der Waals surface area (Å²) in [6, 6.07) is 13.0. The van der Waals surface area contributed by atoms with E-state index in [0.29, 0.717) is 34.4 Å². The highest BCUT2D eigenvalue weighted by Crippen LogP contribution is 2.31. The van der Waals surface area contributed by atoms with E-state index in [0.717, 1.165) is 19.1 Å². The average molecular weight is 531 g/mol. The van der Waals surface area contributed by atoms with Crippen LogP contribution in [0.1, 0.15) is 12.8 Å². The van der Waals surface area contributed by atoms with Gasteiger partial charge in [0.15, 0.2) is 9.84 Å². The molecule has 36 heavy (non-hydrogen) atoms. The molecule has 4 rings (SSSR count). The van der Waals surface area contributed by atoms with Crippen LogP contribution in [0.25, 0.3) is 11.1 Å². The number of carbonyl (C=O) groups is 2. The van der Waals surface area contributed by atoms with Crippen molar-refractivity contribution in [3.63, 3.8) is 0 Å². The molecule has 1 aromatic heterocycles. The van der Waals surface area contributed by atoms with Gasteiger partial charge in [0.1, 0.15) is 18.2 Å². The maximum Gasteiger partial charge on any atom is 0.323 e. The molecular weight excluding hydrogens is 507 g/mol. The van der Waals surface area contributed by atoms with Crippen molar-refractivity contribution in [2.24, 2.45) is 5.92 Å². The highest BCUT2D eigenvalue weighted by atomic mass is 35.5. The Bertz CT molecular complexity index is 1400. The Morgan fingerprint density at radius 1 is 1.11 bits per heavy atom. The quantitative estimate of drug-likeness (QED) is 0.434. The Morgan fingerprint density at radius 3 is 2.50 bits per heavy atom. The number of nitrogens with one attached hydrogen (secondary N) is 2. The Kier molecular flexibility index (Phi) is 7.56. The van der Waals surface area contributed by atoms with Crippen LogP contribution in [0.5, 0.6) is 0 Å². The number of aromatic nitrogens is 1. The van der Waals surface area contributed by atoms with Crippen LogP contribution < -0.4 is 10.6 Å². The molecule has 3 amide bonds. The lowest BCUT2D eigenvalue weighted by Crippen LogP contribution is -2.42. The van der Waals surface area contributed by atoms with Crippen LogP contribution in [-0.2, 0) is 14.6 Å². The third-order valence-electron chi connectivity index (χ3n) is 5.60. The zero-order valence-corrected chi connectivity index (χ0v) is 20.9. The molecule has 1 aliphatic carbocycles. The van der Waals surface area contributed by atoms with Crippen LogP contribution in [0.4, 0.5) is 20.7 Å². The first-order valence-electron chi connectivity index (χ1n) is 11.2. The highest BCUT2D eigenvalue weighted by molar-refractivity contribution is 7.90. The molecule has 0 spiro atoms. The number of nitrogens with zero attached hydrogens (tertiary/aromatic N) is 2. The van der Waals surface area contributed by atoms with Crippen LogP contribution >= 0.6 is 11.6 Å². The van der Waals surface area contributed by atoms with Crippen LogP contribution in [0.15, 0.2) is 65.7 Å². The molecule has 0 radical (unpaired) electrons. The van der Waals surface area contributed by atoms with Crippen LogP contribution in [0.3, 0.4) is 0 Å². The Hall–Kier alpha value is -3.50. The summed E-state index contributed by atoms with van der Waals surface area (Å²) in [5.41, 5.74) is 0.642. The van der Waals surface area contributed by atoms with Crippen molar-refractivity contribution < 1.29 is 22.4 Å². The molecule has 8 nitrogen and oxygen atoms in total. The van der Waals surface area contributed by atoms with Gasteiger partial charge >= 0.3 is 6.03 Å². The molecule has 0 aliphatic heterocycles. The smallest absolute Gasteiger partial charge is 0.322 e. The Morgan fingerprint density at radius 2 is 1.86 bits per heavy atom. The van der Waals surface area contributed by atoms with Gasteiger partial charge in [-0.05, 0) is 54.7 Å². The number of carbonyl (C=O) groups excluding carboxylic acids is 2. The van der Waals surface area contributed by atoms with Crippen molar-refractivity contribution in [3.8, 4) is 11.1 Å². The van der Waals surface area contributed by atoms with Crippen molar-refractivity contribution >= 4 is 44.9 Å². The molecule has 1 aliphatic rings. The lowest BCUT2D eigenvalue weighted by molar-refractivity contribution is -0.116. The van der Waals surface area contributed by atoms with Gasteiger partial charge in [-0.1, -0.05) is 35.9 Å².